The molecule has 0 aliphatic heterocycles. The number of nitriles is 1. The maximum Gasteiger partial charge on any atom is 0.239 e. The van der Waals surface area contributed by atoms with Crippen LogP contribution in [-0.4, -0.2) is 42.1 Å². The van der Waals surface area contributed by atoms with Gasteiger partial charge in [-0.25, -0.2) is 0 Å². The normalized spacial score (nSPS) is 10.7. The third kappa shape index (κ3) is 3.89. The van der Waals surface area contributed by atoms with Crippen molar-refractivity contribution >= 4 is 11.7 Å². The van der Waals surface area contributed by atoms with Gasteiger partial charge in [0, 0.05) is 11.4 Å². The van der Waals surface area contributed by atoms with Crippen LogP contribution in [0.3, 0.4) is 0 Å². The van der Waals surface area contributed by atoms with E-state index in [4.69, 9.17) is 4.74 Å². The number of hydrogen-bond acceptors (Lipinski definition) is 4. The third-order valence-electron chi connectivity index (χ3n) is 4.68. The highest BCUT2D eigenvalue weighted by Gasteiger charge is 2.21. The Morgan fingerprint density at radius 2 is 1.85 bits per heavy atom. The first-order valence-corrected chi connectivity index (χ1v) is 8.75. The van der Waals surface area contributed by atoms with E-state index in [1.165, 1.54) is 0 Å². The molecule has 1 N–H and O–H groups in total. The number of carbonyl (C=O) groups is 1. The minimum absolute atomic E-state index is 0.127. The molecule has 0 unspecified atom stereocenters. The summed E-state index contributed by atoms with van der Waals surface area (Å²) in [7, 11) is 1.62. The fourth-order valence-corrected chi connectivity index (χ4v) is 2.94. The van der Waals surface area contributed by atoms with Gasteiger partial charge in [-0.05, 0) is 56.8 Å². The molecule has 0 atom stereocenters. The number of aromatic nitrogens is 1. The summed E-state index contributed by atoms with van der Waals surface area (Å²) in [6.45, 7) is 9.77. The van der Waals surface area contributed by atoms with Crippen molar-refractivity contribution in [1.82, 2.24) is 9.47 Å². The largest absolute Gasteiger partial charge is 0.497 e. The average Bonchev–Trinajstić information content (AvgIpc) is 2.89. The lowest BCUT2D eigenvalue weighted by Gasteiger charge is -2.18. The first kappa shape index (κ1) is 19.5. The number of nitrogens with one attached hydrogen (secondary N) is 1. The lowest BCUT2D eigenvalue weighted by molar-refractivity contribution is -0.117. The minimum atomic E-state index is -0.127. The minimum Gasteiger partial charge on any atom is -0.497 e. The Bertz CT molecular complexity index is 812. The first-order valence-electron chi connectivity index (χ1n) is 8.75. The number of methoxy groups -OCH3 is 1. The molecule has 0 bridgehead atoms. The highest BCUT2D eigenvalue weighted by molar-refractivity contribution is 5.93. The number of anilines is 1. The maximum absolute atomic E-state index is 12.5. The van der Waals surface area contributed by atoms with E-state index in [0.717, 1.165) is 35.8 Å². The zero-order valence-corrected chi connectivity index (χ0v) is 16.1. The quantitative estimate of drug-likeness (QED) is 0.828. The molecule has 138 valence electrons. The molecular formula is C20H26N4O2. The fraction of sp³-hybridized carbons (Fsp3) is 0.400. The van der Waals surface area contributed by atoms with Gasteiger partial charge in [0.25, 0.3) is 0 Å². The van der Waals surface area contributed by atoms with Crippen molar-refractivity contribution in [3.63, 3.8) is 0 Å². The first-order chi connectivity index (χ1) is 12.5. The number of benzene rings is 1. The molecule has 1 amide bonds. The number of nitrogens with zero attached hydrogens (tertiary/aromatic N) is 3. The average molecular weight is 354 g/mol. The van der Waals surface area contributed by atoms with Crippen LogP contribution >= 0.6 is 0 Å². The second-order valence-corrected chi connectivity index (χ2v) is 6.09. The SMILES string of the molecule is CCN(CC)CC(=O)Nc1c(C#N)c(C)c(C)n1-c1ccc(OC)cc1. The van der Waals surface area contributed by atoms with Gasteiger partial charge in [0.1, 0.15) is 17.6 Å². The van der Waals surface area contributed by atoms with Crippen LogP contribution in [0.4, 0.5) is 5.82 Å². The molecule has 0 fully saturated rings. The van der Waals surface area contributed by atoms with Crippen molar-refractivity contribution < 1.29 is 9.53 Å². The molecule has 2 rings (SSSR count). The van der Waals surface area contributed by atoms with Crippen LogP contribution in [0.5, 0.6) is 5.75 Å². The number of ether oxygens (including phenoxy) is 1. The molecule has 0 aliphatic rings. The summed E-state index contributed by atoms with van der Waals surface area (Å²) >= 11 is 0. The molecule has 0 saturated heterocycles. The second-order valence-electron chi connectivity index (χ2n) is 6.09. The van der Waals surface area contributed by atoms with Gasteiger partial charge in [-0.1, -0.05) is 13.8 Å². The standard InChI is InChI=1S/C20H26N4O2/c1-6-23(7-2)13-19(25)22-20-18(12-21)14(3)15(4)24(20)16-8-10-17(26-5)11-9-16/h8-11H,6-7,13H2,1-5H3,(H,22,25). The molecule has 0 aliphatic carbocycles. The molecule has 1 heterocycles. The maximum atomic E-state index is 12.5. The number of hydrogen-bond donors (Lipinski definition) is 1. The summed E-state index contributed by atoms with van der Waals surface area (Å²) in [4.78, 5) is 14.5. The molecule has 26 heavy (non-hydrogen) atoms. The van der Waals surface area contributed by atoms with Crippen LogP contribution in [0.15, 0.2) is 24.3 Å². The number of likely N-dealkylation sites (N-methyl/N-ethyl adjacent to an activating group) is 1. The van der Waals surface area contributed by atoms with Crippen LogP contribution in [0.2, 0.25) is 0 Å². The smallest absolute Gasteiger partial charge is 0.239 e. The van der Waals surface area contributed by atoms with E-state index in [1.54, 1.807) is 7.11 Å². The van der Waals surface area contributed by atoms with E-state index in [9.17, 15) is 10.1 Å². The van der Waals surface area contributed by atoms with E-state index in [1.807, 2.05) is 61.4 Å². The highest BCUT2D eigenvalue weighted by atomic mass is 16.5. The Kier molecular flexibility index (Phi) is 6.42. The van der Waals surface area contributed by atoms with Crippen molar-refractivity contribution in [1.29, 1.82) is 5.26 Å². The van der Waals surface area contributed by atoms with Gasteiger partial charge >= 0.3 is 0 Å². The van der Waals surface area contributed by atoms with E-state index in [-0.39, 0.29) is 5.91 Å². The molecule has 1 aromatic carbocycles. The molecule has 6 nitrogen and oxygen atoms in total. The number of amides is 1. The monoisotopic (exact) mass is 354 g/mol. The third-order valence-corrected chi connectivity index (χ3v) is 4.68. The zero-order valence-electron chi connectivity index (χ0n) is 16.1. The van der Waals surface area contributed by atoms with Gasteiger partial charge in [-0.15, -0.1) is 0 Å². The molecule has 1 aromatic heterocycles. The van der Waals surface area contributed by atoms with Gasteiger partial charge in [0.2, 0.25) is 5.91 Å². The second kappa shape index (κ2) is 8.54. The van der Waals surface area contributed by atoms with Crippen LogP contribution < -0.4 is 10.1 Å². The lowest BCUT2D eigenvalue weighted by Crippen LogP contribution is -2.33. The van der Waals surface area contributed by atoms with Gasteiger partial charge in [-0.3, -0.25) is 14.3 Å². The summed E-state index contributed by atoms with van der Waals surface area (Å²) < 4.78 is 7.12. The predicted molar refractivity (Wildman–Crippen MR) is 103 cm³/mol. The topological polar surface area (TPSA) is 70.3 Å². The molecule has 2 aromatic rings. The van der Waals surface area contributed by atoms with E-state index in [0.29, 0.717) is 17.9 Å². The number of carbonyl (C=O) groups excluding carboxylic acids is 1. The van der Waals surface area contributed by atoms with Crippen molar-refractivity contribution in [3.05, 3.63) is 41.1 Å². The summed E-state index contributed by atoms with van der Waals surface area (Å²) in [6, 6.07) is 9.77. The number of rotatable bonds is 7. The van der Waals surface area contributed by atoms with Gasteiger partial charge in [0.15, 0.2) is 0 Å². The summed E-state index contributed by atoms with van der Waals surface area (Å²) in [6.07, 6.45) is 0. The Hall–Kier alpha value is -2.78. The van der Waals surface area contributed by atoms with E-state index >= 15 is 0 Å². The van der Waals surface area contributed by atoms with Crippen LogP contribution in [0.1, 0.15) is 30.7 Å². The van der Waals surface area contributed by atoms with Crippen molar-refractivity contribution in [2.75, 3.05) is 32.1 Å². The summed E-state index contributed by atoms with van der Waals surface area (Å²) in [5.41, 5.74) is 3.14. The predicted octanol–water partition coefficient (Wildman–Crippen LogP) is 3.25. The Balaban J connectivity index is 2.45. The molecule has 0 spiro atoms. The Morgan fingerprint density at radius 3 is 2.35 bits per heavy atom. The van der Waals surface area contributed by atoms with Crippen LogP contribution in [0, 0.1) is 25.2 Å². The van der Waals surface area contributed by atoms with E-state index < -0.39 is 0 Å². The Morgan fingerprint density at radius 1 is 1.23 bits per heavy atom. The van der Waals surface area contributed by atoms with Gasteiger partial charge < -0.3 is 10.1 Å². The highest BCUT2D eigenvalue weighted by Crippen LogP contribution is 2.30. The van der Waals surface area contributed by atoms with Crippen LogP contribution in [-0.2, 0) is 4.79 Å². The molecular weight excluding hydrogens is 328 g/mol. The zero-order chi connectivity index (χ0) is 19.3. The lowest BCUT2D eigenvalue weighted by atomic mass is 10.2. The van der Waals surface area contributed by atoms with Crippen molar-refractivity contribution in [2.45, 2.75) is 27.7 Å². The molecule has 0 saturated carbocycles. The Labute approximate surface area is 155 Å². The van der Waals surface area contributed by atoms with Crippen molar-refractivity contribution in [3.8, 4) is 17.5 Å². The summed E-state index contributed by atoms with van der Waals surface area (Å²) in [5, 5.41) is 12.6. The van der Waals surface area contributed by atoms with Crippen LogP contribution in [0.25, 0.3) is 5.69 Å². The van der Waals surface area contributed by atoms with Gasteiger partial charge in [-0.2, -0.15) is 5.26 Å². The van der Waals surface area contributed by atoms with E-state index in [2.05, 4.69) is 11.4 Å². The molecule has 6 heteroatoms. The fourth-order valence-electron chi connectivity index (χ4n) is 2.94. The summed E-state index contributed by atoms with van der Waals surface area (Å²) in [5.74, 6) is 1.14. The van der Waals surface area contributed by atoms with Crippen molar-refractivity contribution in [2.24, 2.45) is 0 Å². The van der Waals surface area contributed by atoms with Gasteiger partial charge in [0.05, 0.1) is 19.2 Å². The molecule has 0 radical (unpaired) electrons.